The number of para-hydroxylation sites is 1. The van der Waals surface area contributed by atoms with Crippen molar-refractivity contribution in [3.05, 3.63) is 70.9 Å². The second-order valence-corrected chi connectivity index (χ2v) is 21.7. The van der Waals surface area contributed by atoms with Crippen molar-refractivity contribution in [2.45, 2.75) is 102 Å². The Morgan fingerprint density at radius 2 is 1.69 bits per heavy atom. The van der Waals surface area contributed by atoms with Gasteiger partial charge in [0.25, 0.3) is 0 Å². The molecular formula is C55H65F2N9O6. The number of aliphatic hydroxyl groups is 1. The molecule has 7 heterocycles. The van der Waals surface area contributed by atoms with Crippen LogP contribution in [0.5, 0.6) is 17.6 Å². The topological polar surface area (TPSA) is 171 Å². The molecule has 15 nitrogen and oxygen atoms in total. The summed E-state index contributed by atoms with van der Waals surface area (Å²) in [6.07, 6.45) is 8.82. The summed E-state index contributed by atoms with van der Waals surface area (Å²) in [4.78, 5) is 46.1. The number of likely N-dealkylation sites (tertiary alicyclic amines) is 2. The number of β-amino-alcohol motifs (C(OH)–C–C–N with tert-alkyl or cyclic N) is 1. The van der Waals surface area contributed by atoms with Crippen molar-refractivity contribution in [3.8, 4) is 28.9 Å². The molecule has 72 heavy (non-hydrogen) atoms. The molecule has 4 saturated heterocycles. The molecule has 1 saturated carbocycles. The third-order valence-corrected chi connectivity index (χ3v) is 16.4. The lowest BCUT2D eigenvalue weighted by Crippen LogP contribution is -2.46. The first-order valence-corrected chi connectivity index (χ1v) is 25.9. The minimum Gasteiger partial charge on any atom is -0.508 e. The van der Waals surface area contributed by atoms with Crippen LogP contribution in [0.1, 0.15) is 107 Å². The zero-order chi connectivity index (χ0) is 50.1. The lowest BCUT2D eigenvalue weighted by atomic mass is 9.86. The van der Waals surface area contributed by atoms with E-state index in [1.807, 2.05) is 23.6 Å². The van der Waals surface area contributed by atoms with Gasteiger partial charge in [-0.1, -0.05) is 31.2 Å². The van der Waals surface area contributed by atoms with E-state index >= 15 is 8.78 Å². The average Bonchev–Trinajstić information content (AvgIpc) is 4.05. The normalized spacial score (nSPS) is 22.5. The van der Waals surface area contributed by atoms with Gasteiger partial charge in [0.05, 0.1) is 36.4 Å². The number of hydrogen-bond donors (Lipinski definition) is 3. The molecule has 5 aliphatic rings. The number of hydrogen-bond acceptors (Lipinski definition) is 13. The number of halogens is 2. The van der Waals surface area contributed by atoms with Crippen molar-refractivity contribution < 1.29 is 38.1 Å². The van der Waals surface area contributed by atoms with Gasteiger partial charge in [0.15, 0.2) is 5.82 Å². The van der Waals surface area contributed by atoms with Gasteiger partial charge in [-0.3, -0.25) is 19.6 Å². The number of imide groups is 1. The first-order chi connectivity index (χ1) is 34.7. The van der Waals surface area contributed by atoms with Crippen LogP contribution in [-0.2, 0) is 23.1 Å². The zero-order valence-electron chi connectivity index (χ0n) is 41.8. The standard InChI is InChI=1S/C55H65F2N9O6/c1-5-36-41(56)12-10-34-26-35(67)27-40(43(34)36)47-45(57)48-44(52(59-47)71-4)50(66-21-7-18-54(2,70)29-66)61-53(60-48)72-31-55(19-20-55)30-65-22-14-32(15-23-65)28-64-24-16-33(17-25-64)37-8-6-9-38-46(62-63(3)49(37)38)39-11-13-42(68)58-51(39)69/h6,8-10,12,26-27,32-33,39,67,70H,5,7,11,13-25,28-31H2,1-4H3,(H,58,68,69)/t39?,54-/m1/s1. The van der Waals surface area contributed by atoms with Gasteiger partial charge in [-0.25, -0.2) is 13.8 Å². The second-order valence-electron chi connectivity index (χ2n) is 21.7. The SMILES string of the molecule is CCc1c(F)ccc2cc(O)cc(-c3nc(OC)c4c(N5CCC[C@@](C)(O)C5)nc(OCC5(CN6CCC(CN7CCC(c8cccc9c(C%10CCC(=O)NC%10=O)nn(C)c89)CC7)CC6)CC5)nc4c3F)c12. The smallest absolute Gasteiger partial charge is 0.319 e. The number of nitrogens with zero attached hydrogens (tertiary/aromatic N) is 8. The van der Waals surface area contributed by atoms with Gasteiger partial charge in [0, 0.05) is 56.0 Å². The summed E-state index contributed by atoms with van der Waals surface area (Å²) in [5, 5.41) is 31.6. The van der Waals surface area contributed by atoms with E-state index in [0.29, 0.717) is 79.2 Å². The molecule has 0 radical (unpaired) electrons. The van der Waals surface area contributed by atoms with Crippen molar-refractivity contribution in [3.63, 3.8) is 0 Å². The Hall–Kier alpha value is -6.04. The molecule has 380 valence electrons. The van der Waals surface area contributed by atoms with Crippen LogP contribution in [0, 0.1) is 23.0 Å². The molecule has 2 atom stereocenters. The minimum atomic E-state index is -1.01. The number of phenolic OH excluding ortho intramolecular Hbond substituents is 1. The Labute approximate surface area is 417 Å². The predicted molar refractivity (Wildman–Crippen MR) is 270 cm³/mol. The molecule has 5 fully saturated rings. The van der Waals surface area contributed by atoms with Gasteiger partial charge in [0.2, 0.25) is 17.7 Å². The number of rotatable bonds is 13. The number of carbonyl (C=O) groups excluding carboxylic acids is 2. The van der Waals surface area contributed by atoms with Crippen LogP contribution < -0.4 is 19.7 Å². The van der Waals surface area contributed by atoms with Crippen LogP contribution in [-0.4, -0.2) is 128 Å². The number of benzene rings is 3. The molecule has 3 aromatic heterocycles. The van der Waals surface area contributed by atoms with E-state index in [1.165, 1.54) is 30.9 Å². The van der Waals surface area contributed by atoms with E-state index in [-0.39, 0.29) is 63.6 Å². The summed E-state index contributed by atoms with van der Waals surface area (Å²) >= 11 is 0. The van der Waals surface area contributed by atoms with Gasteiger partial charge in [0.1, 0.15) is 34.0 Å². The van der Waals surface area contributed by atoms with E-state index in [4.69, 9.17) is 24.5 Å². The number of amides is 2. The summed E-state index contributed by atoms with van der Waals surface area (Å²) in [5.41, 5.74) is 2.43. The van der Waals surface area contributed by atoms with Gasteiger partial charge >= 0.3 is 6.01 Å². The summed E-state index contributed by atoms with van der Waals surface area (Å²) in [5.74, 6) is -0.779. The summed E-state index contributed by atoms with van der Waals surface area (Å²) in [6, 6.07) is 12.2. The van der Waals surface area contributed by atoms with E-state index in [0.717, 1.165) is 94.4 Å². The quantitative estimate of drug-likeness (QED) is 0.0955. The van der Waals surface area contributed by atoms with Crippen LogP contribution >= 0.6 is 0 Å². The number of phenols is 1. The van der Waals surface area contributed by atoms with Gasteiger partial charge in [-0.2, -0.15) is 15.1 Å². The highest BCUT2D eigenvalue weighted by atomic mass is 19.1. The monoisotopic (exact) mass is 986 g/mol. The molecule has 1 unspecified atom stereocenters. The average molecular weight is 986 g/mol. The summed E-state index contributed by atoms with van der Waals surface area (Å²) in [7, 11) is 3.40. The number of aromatic nitrogens is 5. The van der Waals surface area contributed by atoms with E-state index in [2.05, 4.69) is 38.3 Å². The van der Waals surface area contributed by atoms with Crippen molar-refractivity contribution >= 4 is 50.2 Å². The molecule has 0 spiro atoms. The summed E-state index contributed by atoms with van der Waals surface area (Å²) < 4.78 is 47.0. The minimum absolute atomic E-state index is 0.0182. The largest absolute Gasteiger partial charge is 0.508 e. The van der Waals surface area contributed by atoms with Gasteiger partial charge in [-0.15, -0.1) is 0 Å². The first kappa shape index (κ1) is 48.2. The number of nitrogens with one attached hydrogen (secondary N) is 1. The van der Waals surface area contributed by atoms with Crippen LogP contribution in [0.15, 0.2) is 42.5 Å². The number of fused-ring (bicyclic) bond motifs is 3. The lowest BCUT2D eigenvalue weighted by Gasteiger charge is -2.38. The molecule has 3 N–H and O–H groups in total. The van der Waals surface area contributed by atoms with Crippen molar-refractivity contribution in [1.29, 1.82) is 0 Å². The Balaban J connectivity index is 0.762. The van der Waals surface area contributed by atoms with Crippen molar-refractivity contribution in [1.82, 2.24) is 39.8 Å². The summed E-state index contributed by atoms with van der Waals surface area (Å²) in [6.45, 7) is 10.9. The molecule has 3 aromatic carbocycles. The van der Waals surface area contributed by atoms with Crippen LogP contribution in [0.25, 0.3) is 43.8 Å². The van der Waals surface area contributed by atoms with Gasteiger partial charge < -0.3 is 34.4 Å². The van der Waals surface area contributed by atoms with Crippen molar-refractivity contribution in [2.75, 3.05) is 71.0 Å². The Morgan fingerprint density at radius 3 is 2.42 bits per heavy atom. The highest BCUT2D eigenvalue weighted by molar-refractivity contribution is 6.04. The van der Waals surface area contributed by atoms with Gasteiger partial charge in [-0.05, 0) is 149 Å². The molecule has 17 heteroatoms. The predicted octanol–water partition coefficient (Wildman–Crippen LogP) is 7.91. The molecule has 4 aliphatic heterocycles. The Bertz CT molecular complexity index is 3090. The third-order valence-electron chi connectivity index (χ3n) is 16.4. The third kappa shape index (κ3) is 9.21. The fourth-order valence-electron chi connectivity index (χ4n) is 12.4. The maximum Gasteiger partial charge on any atom is 0.319 e. The van der Waals surface area contributed by atoms with E-state index in [1.54, 1.807) is 13.0 Å². The van der Waals surface area contributed by atoms with Crippen LogP contribution in [0.4, 0.5) is 14.6 Å². The number of aryl methyl sites for hydroxylation is 2. The lowest BCUT2D eigenvalue weighted by molar-refractivity contribution is -0.134. The molecule has 1 aliphatic carbocycles. The van der Waals surface area contributed by atoms with Crippen LogP contribution in [0.3, 0.4) is 0 Å². The molecular weight excluding hydrogens is 921 g/mol. The Morgan fingerprint density at radius 1 is 0.917 bits per heavy atom. The number of anilines is 1. The van der Waals surface area contributed by atoms with E-state index in [9.17, 15) is 19.8 Å². The zero-order valence-corrected chi connectivity index (χ0v) is 41.8. The highest BCUT2D eigenvalue weighted by Crippen LogP contribution is 2.48. The molecule has 0 bridgehead atoms. The number of aromatic hydroxyl groups is 1. The van der Waals surface area contributed by atoms with Crippen LogP contribution in [0.2, 0.25) is 0 Å². The fourth-order valence-corrected chi connectivity index (χ4v) is 12.4. The second kappa shape index (κ2) is 19.1. The van der Waals surface area contributed by atoms with Crippen molar-refractivity contribution in [2.24, 2.45) is 18.4 Å². The highest BCUT2D eigenvalue weighted by Gasteiger charge is 2.46. The number of pyridine rings is 1. The number of methoxy groups -OCH3 is 1. The number of ether oxygens (including phenoxy) is 2. The fraction of sp³-hybridized carbons (Fsp3) is 0.527. The first-order valence-electron chi connectivity index (χ1n) is 25.9. The molecule has 2 amide bonds. The number of piperidine rings is 4. The maximum absolute atomic E-state index is 17.4. The Kier molecular flexibility index (Phi) is 12.8. The molecule has 6 aromatic rings. The van der Waals surface area contributed by atoms with E-state index < -0.39 is 23.2 Å². The number of carbonyl (C=O) groups is 2. The molecule has 11 rings (SSSR count). The maximum atomic E-state index is 17.4.